The van der Waals surface area contributed by atoms with E-state index < -0.39 is 30.3 Å². The van der Waals surface area contributed by atoms with E-state index in [1.54, 1.807) is 30.3 Å². The standard InChI is InChI=1S/C13H18N2O5/c1-8(16)11(18)12(19)10(17)7-14-15-13(20)9-5-3-2-4-6-9/h2-8,10-12,16-19H,1H3,(H,15,20)/t8-,10+,11+,12-/m0/s1. The zero-order valence-corrected chi connectivity index (χ0v) is 10.9. The highest BCUT2D eigenvalue weighted by Gasteiger charge is 2.26. The van der Waals surface area contributed by atoms with E-state index in [-0.39, 0.29) is 0 Å². The summed E-state index contributed by atoms with van der Waals surface area (Å²) in [7, 11) is 0. The Morgan fingerprint density at radius 3 is 2.30 bits per heavy atom. The number of carbonyl (C=O) groups excluding carboxylic acids is 1. The Balaban J connectivity index is 2.50. The summed E-state index contributed by atoms with van der Waals surface area (Å²) in [4.78, 5) is 11.6. The van der Waals surface area contributed by atoms with Crippen LogP contribution in [0.3, 0.4) is 0 Å². The number of nitrogens with zero attached hydrogens (tertiary/aromatic N) is 1. The number of benzene rings is 1. The highest BCUT2D eigenvalue weighted by Crippen LogP contribution is 2.03. The molecule has 0 fully saturated rings. The van der Waals surface area contributed by atoms with Crippen LogP contribution in [0.4, 0.5) is 0 Å². The second-order valence-corrected chi connectivity index (χ2v) is 4.30. The third-order valence-corrected chi connectivity index (χ3v) is 2.62. The van der Waals surface area contributed by atoms with Gasteiger partial charge in [-0.05, 0) is 19.1 Å². The molecule has 1 amide bonds. The minimum Gasteiger partial charge on any atom is -0.391 e. The summed E-state index contributed by atoms with van der Waals surface area (Å²) in [6.45, 7) is 1.27. The zero-order valence-electron chi connectivity index (χ0n) is 10.9. The van der Waals surface area contributed by atoms with Gasteiger partial charge in [-0.2, -0.15) is 5.10 Å². The van der Waals surface area contributed by atoms with Crippen LogP contribution >= 0.6 is 0 Å². The SMILES string of the molecule is C[C@H](O)[C@@H](O)[C@@H](O)[C@H](O)C=NNC(=O)c1ccccc1. The number of aliphatic hydroxyl groups is 4. The van der Waals surface area contributed by atoms with Crippen LogP contribution in [0, 0.1) is 0 Å². The Morgan fingerprint density at radius 2 is 1.75 bits per heavy atom. The van der Waals surface area contributed by atoms with Crippen LogP contribution in [-0.4, -0.2) is 57.0 Å². The summed E-state index contributed by atoms with van der Waals surface area (Å²) in [5, 5.41) is 40.9. The number of hydrogen-bond donors (Lipinski definition) is 5. The van der Waals surface area contributed by atoms with Crippen molar-refractivity contribution in [2.45, 2.75) is 31.3 Å². The summed E-state index contributed by atoms with van der Waals surface area (Å²) in [5.41, 5.74) is 2.56. The van der Waals surface area contributed by atoms with Crippen molar-refractivity contribution < 1.29 is 25.2 Å². The molecule has 0 spiro atoms. The summed E-state index contributed by atoms with van der Waals surface area (Å²) < 4.78 is 0. The average molecular weight is 282 g/mol. The van der Waals surface area contributed by atoms with Gasteiger partial charge in [0.1, 0.15) is 18.3 Å². The Hall–Kier alpha value is -1.80. The van der Waals surface area contributed by atoms with E-state index in [0.29, 0.717) is 5.56 Å². The van der Waals surface area contributed by atoms with E-state index >= 15 is 0 Å². The van der Waals surface area contributed by atoms with Crippen LogP contribution in [0.5, 0.6) is 0 Å². The molecule has 4 atom stereocenters. The second-order valence-electron chi connectivity index (χ2n) is 4.30. The lowest BCUT2D eigenvalue weighted by atomic mass is 10.1. The second kappa shape index (κ2) is 7.71. The molecule has 0 heterocycles. The van der Waals surface area contributed by atoms with Crippen molar-refractivity contribution in [3.8, 4) is 0 Å². The first-order chi connectivity index (χ1) is 9.43. The molecule has 7 heteroatoms. The topological polar surface area (TPSA) is 122 Å². The molecule has 0 aromatic heterocycles. The Morgan fingerprint density at radius 1 is 1.15 bits per heavy atom. The minimum absolute atomic E-state index is 0.392. The van der Waals surface area contributed by atoms with Gasteiger partial charge in [0.2, 0.25) is 0 Å². The number of nitrogens with one attached hydrogen (secondary N) is 1. The summed E-state index contributed by atoms with van der Waals surface area (Å²) >= 11 is 0. The molecule has 0 unspecified atom stereocenters. The molecule has 0 bridgehead atoms. The smallest absolute Gasteiger partial charge is 0.271 e. The lowest BCUT2D eigenvalue weighted by molar-refractivity contribution is -0.0821. The lowest BCUT2D eigenvalue weighted by Crippen LogP contribution is -2.44. The lowest BCUT2D eigenvalue weighted by Gasteiger charge is -2.22. The molecule has 0 radical (unpaired) electrons. The van der Waals surface area contributed by atoms with Crippen LogP contribution < -0.4 is 5.43 Å². The third-order valence-electron chi connectivity index (χ3n) is 2.62. The largest absolute Gasteiger partial charge is 0.391 e. The minimum atomic E-state index is -1.60. The Labute approximate surface area is 116 Å². The van der Waals surface area contributed by atoms with Crippen molar-refractivity contribution >= 4 is 12.1 Å². The summed E-state index contributed by atoms with van der Waals surface area (Å²) in [6.07, 6.45) is -4.96. The van der Waals surface area contributed by atoms with Crippen molar-refractivity contribution in [2.24, 2.45) is 5.10 Å². The van der Waals surface area contributed by atoms with Crippen LogP contribution in [0.1, 0.15) is 17.3 Å². The van der Waals surface area contributed by atoms with E-state index in [4.69, 9.17) is 5.11 Å². The van der Waals surface area contributed by atoms with E-state index in [9.17, 15) is 20.1 Å². The molecule has 1 aromatic carbocycles. The van der Waals surface area contributed by atoms with E-state index in [1.807, 2.05) is 0 Å². The van der Waals surface area contributed by atoms with Crippen molar-refractivity contribution in [3.63, 3.8) is 0 Å². The molecule has 0 aliphatic carbocycles. The van der Waals surface area contributed by atoms with Gasteiger partial charge in [-0.1, -0.05) is 18.2 Å². The maximum atomic E-state index is 11.6. The predicted octanol–water partition coefficient (Wildman–Crippen LogP) is -1.13. The van der Waals surface area contributed by atoms with Crippen LogP contribution in [0.15, 0.2) is 35.4 Å². The van der Waals surface area contributed by atoms with Gasteiger partial charge >= 0.3 is 0 Å². The number of hydrazone groups is 1. The van der Waals surface area contributed by atoms with Gasteiger partial charge in [0.05, 0.1) is 12.3 Å². The van der Waals surface area contributed by atoms with Crippen LogP contribution in [-0.2, 0) is 0 Å². The van der Waals surface area contributed by atoms with E-state index in [1.165, 1.54) is 6.92 Å². The normalized spacial score (nSPS) is 17.4. The molecule has 20 heavy (non-hydrogen) atoms. The first-order valence-electron chi connectivity index (χ1n) is 6.04. The number of amides is 1. The van der Waals surface area contributed by atoms with E-state index in [2.05, 4.69) is 10.5 Å². The summed E-state index contributed by atoms with van der Waals surface area (Å²) in [6, 6.07) is 8.32. The fourth-order valence-electron chi connectivity index (χ4n) is 1.40. The predicted molar refractivity (Wildman–Crippen MR) is 72.1 cm³/mol. The number of hydrogen-bond acceptors (Lipinski definition) is 6. The fraction of sp³-hybridized carbons (Fsp3) is 0.385. The molecule has 0 aliphatic rings. The molecule has 1 aromatic rings. The van der Waals surface area contributed by atoms with Gasteiger partial charge in [-0.15, -0.1) is 0 Å². The fourth-order valence-corrected chi connectivity index (χ4v) is 1.40. The van der Waals surface area contributed by atoms with Gasteiger partial charge in [0.25, 0.3) is 5.91 Å². The van der Waals surface area contributed by atoms with Crippen molar-refractivity contribution in [1.82, 2.24) is 5.43 Å². The molecule has 5 N–H and O–H groups in total. The molecular formula is C13H18N2O5. The van der Waals surface area contributed by atoms with E-state index in [0.717, 1.165) is 6.21 Å². The monoisotopic (exact) mass is 282 g/mol. The molecule has 1 rings (SSSR count). The molecule has 0 saturated heterocycles. The van der Waals surface area contributed by atoms with Gasteiger partial charge in [0.15, 0.2) is 0 Å². The third kappa shape index (κ3) is 4.71. The number of rotatable bonds is 6. The number of aliphatic hydroxyl groups excluding tert-OH is 4. The van der Waals surface area contributed by atoms with Gasteiger partial charge in [-0.25, -0.2) is 5.43 Å². The van der Waals surface area contributed by atoms with Crippen molar-refractivity contribution in [1.29, 1.82) is 0 Å². The molecule has 110 valence electrons. The highest BCUT2D eigenvalue weighted by molar-refractivity contribution is 5.94. The first-order valence-corrected chi connectivity index (χ1v) is 6.04. The quantitative estimate of drug-likeness (QED) is 0.334. The molecular weight excluding hydrogens is 264 g/mol. The van der Waals surface area contributed by atoms with Crippen molar-refractivity contribution in [3.05, 3.63) is 35.9 Å². The molecule has 0 aliphatic heterocycles. The maximum Gasteiger partial charge on any atom is 0.271 e. The van der Waals surface area contributed by atoms with Gasteiger partial charge in [-0.3, -0.25) is 4.79 Å². The maximum absolute atomic E-state index is 11.6. The Kier molecular flexibility index (Phi) is 6.26. The summed E-state index contributed by atoms with van der Waals surface area (Å²) in [5.74, 6) is -0.473. The molecule has 0 saturated carbocycles. The van der Waals surface area contributed by atoms with Gasteiger partial charge in [0, 0.05) is 5.56 Å². The highest BCUT2D eigenvalue weighted by atomic mass is 16.4. The Bertz CT molecular complexity index is 449. The number of carbonyl (C=O) groups is 1. The van der Waals surface area contributed by atoms with Crippen molar-refractivity contribution in [2.75, 3.05) is 0 Å². The van der Waals surface area contributed by atoms with Gasteiger partial charge < -0.3 is 20.4 Å². The average Bonchev–Trinajstić information content (AvgIpc) is 2.46. The zero-order chi connectivity index (χ0) is 15.1. The van der Waals surface area contributed by atoms with Crippen LogP contribution in [0.25, 0.3) is 0 Å². The first kappa shape index (κ1) is 16.3. The molecule has 7 nitrogen and oxygen atoms in total. The van der Waals surface area contributed by atoms with Crippen LogP contribution in [0.2, 0.25) is 0 Å².